The number of nitrogens with two attached hydrogens (primary N) is 1. The number of nitrogens with zero attached hydrogens (tertiary/aromatic N) is 2. The van der Waals surface area contributed by atoms with E-state index in [9.17, 15) is 0 Å². The Labute approximate surface area is 96.8 Å². The molecule has 90 valence electrons. The topological polar surface area (TPSA) is 53.1 Å². The molecule has 2 unspecified atom stereocenters. The van der Waals surface area contributed by atoms with Gasteiger partial charge in [-0.3, -0.25) is 4.68 Å². The highest BCUT2D eigenvalue weighted by Crippen LogP contribution is 2.16. The highest BCUT2D eigenvalue weighted by Gasteiger charge is 2.15. The molecular formula is C12H21N3O. The fourth-order valence-electron chi connectivity index (χ4n) is 2.07. The summed E-state index contributed by atoms with van der Waals surface area (Å²) in [6, 6.07) is 0.112. The molecule has 2 heterocycles. The van der Waals surface area contributed by atoms with Crippen LogP contribution >= 0.6 is 0 Å². The van der Waals surface area contributed by atoms with Crippen LogP contribution in [0.4, 0.5) is 0 Å². The Hall–Kier alpha value is -0.870. The second-order valence-electron chi connectivity index (χ2n) is 4.50. The summed E-state index contributed by atoms with van der Waals surface area (Å²) >= 11 is 0. The second kappa shape index (κ2) is 5.46. The minimum Gasteiger partial charge on any atom is -0.376 e. The van der Waals surface area contributed by atoms with Gasteiger partial charge in [-0.25, -0.2) is 0 Å². The maximum Gasteiger partial charge on any atom is 0.0770 e. The fourth-order valence-corrected chi connectivity index (χ4v) is 2.07. The maximum absolute atomic E-state index is 5.96. The third-order valence-electron chi connectivity index (χ3n) is 3.19. The van der Waals surface area contributed by atoms with Crippen LogP contribution in [0.3, 0.4) is 0 Å². The summed E-state index contributed by atoms with van der Waals surface area (Å²) < 4.78 is 7.65. The van der Waals surface area contributed by atoms with Gasteiger partial charge in [-0.2, -0.15) is 5.10 Å². The molecule has 4 heteroatoms. The number of ether oxygens (including phenoxy) is 1. The predicted octanol–water partition coefficient (Wildman–Crippen LogP) is 1.86. The second-order valence-corrected chi connectivity index (χ2v) is 4.50. The quantitative estimate of drug-likeness (QED) is 0.847. The molecular weight excluding hydrogens is 202 g/mol. The number of aromatic nitrogens is 2. The molecule has 0 aliphatic carbocycles. The van der Waals surface area contributed by atoms with Crippen molar-refractivity contribution >= 4 is 0 Å². The van der Waals surface area contributed by atoms with Crippen molar-refractivity contribution in [1.82, 2.24) is 9.78 Å². The SMILES string of the molecule is CCC(N)c1cnn(CC2CCCCO2)c1. The molecule has 0 saturated carbocycles. The average Bonchev–Trinajstić information content (AvgIpc) is 2.78. The first-order chi connectivity index (χ1) is 7.79. The van der Waals surface area contributed by atoms with Crippen molar-refractivity contribution in [3.63, 3.8) is 0 Å². The van der Waals surface area contributed by atoms with Gasteiger partial charge in [0.15, 0.2) is 0 Å². The molecule has 0 bridgehead atoms. The molecule has 2 rings (SSSR count). The summed E-state index contributed by atoms with van der Waals surface area (Å²) in [4.78, 5) is 0. The Balaban J connectivity index is 1.91. The third-order valence-corrected chi connectivity index (χ3v) is 3.19. The highest BCUT2D eigenvalue weighted by molar-refractivity contribution is 5.09. The lowest BCUT2D eigenvalue weighted by atomic mass is 10.1. The number of rotatable bonds is 4. The minimum atomic E-state index is 0.112. The molecule has 0 amide bonds. The maximum atomic E-state index is 5.96. The van der Waals surface area contributed by atoms with E-state index in [0.717, 1.165) is 31.6 Å². The predicted molar refractivity (Wildman–Crippen MR) is 63.0 cm³/mol. The first-order valence-electron chi connectivity index (χ1n) is 6.19. The van der Waals surface area contributed by atoms with Gasteiger partial charge < -0.3 is 10.5 Å². The lowest BCUT2D eigenvalue weighted by molar-refractivity contribution is 0.00398. The van der Waals surface area contributed by atoms with E-state index in [4.69, 9.17) is 10.5 Å². The van der Waals surface area contributed by atoms with Crippen molar-refractivity contribution in [1.29, 1.82) is 0 Å². The van der Waals surface area contributed by atoms with Crippen LogP contribution in [0, 0.1) is 0 Å². The van der Waals surface area contributed by atoms with E-state index in [2.05, 4.69) is 12.0 Å². The molecule has 1 aliphatic heterocycles. The van der Waals surface area contributed by atoms with E-state index in [1.165, 1.54) is 12.8 Å². The molecule has 1 aromatic rings. The van der Waals surface area contributed by atoms with E-state index < -0.39 is 0 Å². The lowest BCUT2D eigenvalue weighted by Crippen LogP contribution is -2.24. The summed E-state index contributed by atoms with van der Waals surface area (Å²) in [6.45, 7) is 3.84. The molecule has 2 atom stereocenters. The Morgan fingerprint density at radius 1 is 1.62 bits per heavy atom. The molecule has 1 fully saturated rings. The number of hydrogen-bond acceptors (Lipinski definition) is 3. The highest BCUT2D eigenvalue weighted by atomic mass is 16.5. The van der Waals surface area contributed by atoms with Crippen LogP contribution in [0.2, 0.25) is 0 Å². The van der Waals surface area contributed by atoms with Crippen LogP contribution < -0.4 is 5.73 Å². The van der Waals surface area contributed by atoms with Crippen LogP contribution in [0.1, 0.15) is 44.2 Å². The molecule has 0 spiro atoms. The molecule has 1 aromatic heterocycles. The van der Waals surface area contributed by atoms with Crippen LogP contribution in [0.5, 0.6) is 0 Å². The monoisotopic (exact) mass is 223 g/mol. The van der Waals surface area contributed by atoms with Crippen LogP contribution in [0.15, 0.2) is 12.4 Å². The summed E-state index contributed by atoms with van der Waals surface area (Å²) in [7, 11) is 0. The van der Waals surface area contributed by atoms with Gasteiger partial charge in [-0.1, -0.05) is 6.92 Å². The Kier molecular flexibility index (Phi) is 3.96. The Morgan fingerprint density at radius 2 is 2.50 bits per heavy atom. The Morgan fingerprint density at radius 3 is 3.19 bits per heavy atom. The zero-order valence-corrected chi connectivity index (χ0v) is 9.93. The molecule has 2 N–H and O–H groups in total. The van der Waals surface area contributed by atoms with Crippen molar-refractivity contribution in [3.05, 3.63) is 18.0 Å². The average molecular weight is 223 g/mol. The zero-order valence-electron chi connectivity index (χ0n) is 9.93. The largest absolute Gasteiger partial charge is 0.376 e. The van der Waals surface area contributed by atoms with Gasteiger partial charge >= 0.3 is 0 Å². The van der Waals surface area contributed by atoms with Gasteiger partial charge in [0.1, 0.15) is 0 Å². The summed E-state index contributed by atoms with van der Waals surface area (Å²) in [5, 5.41) is 4.34. The van der Waals surface area contributed by atoms with E-state index >= 15 is 0 Å². The van der Waals surface area contributed by atoms with E-state index in [0.29, 0.717) is 6.10 Å². The van der Waals surface area contributed by atoms with Crippen LogP contribution in [0.25, 0.3) is 0 Å². The van der Waals surface area contributed by atoms with Gasteiger partial charge in [0.05, 0.1) is 18.8 Å². The van der Waals surface area contributed by atoms with Gasteiger partial charge in [0.25, 0.3) is 0 Å². The van der Waals surface area contributed by atoms with Crippen molar-refractivity contribution in [3.8, 4) is 0 Å². The molecule has 16 heavy (non-hydrogen) atoms. The van der Waals surface area contributed by atoms with E-state index in [-0.39, 0.29) is 6.04 Å². The van der Waals surface area contributed by atoms with Gasteiger partial charge in [0.2, 0.25) is 0 Å². The van der Waals surface area contributed by atoms with Gasteiger partial charge in [0, 0.05) is 24.4 Å². The standard InChI is InChI=1S/C12H21N3O/c1-2-12(13)10-7-14-15(8-10)9-11-5-3-4-6-16-11/h7-8,11-12H,2-6,9,13H2,1H3. The number of hydrogen-bond donors (Lipinski definition) is 1. The third kappa shape index (κ3) is 2.83. The fraction of sp³-hybridized carbons (Fsp3) is 0.750. The van der Waals surface area contributed by atoms with Crippen LogP contribution in [-0.2, 0) is 11.3 Å². The summed E-state index contributed by atoms with van der Waals surface area (Å²) in [5.41, 5.74) is 7.08. The first kappa shape index (κ1) is 11.6. The van der Waals surface area contributed by atoms with E-state index in [1.54, 1.807) is 0 Å². The van der Waals surface area contributed by atoms with Crippen LogP contribution in [-0.4, -0.2) is 22.5 Å². The van der Waals surface area contributed by atoms with Crippen molar-refractivity contribution in [2.24, 2.45) is 5.73 Å². The van der Waals surface area contributed by atoms with Gasteiger partial charge in [-0.15, -0.1) is 0 Å². The van der Waals surface area contributed by atoms with Crippen molar-refractivity contribution in [2.45, 2.75) is 51.3 Å². The molecule has 4 nitrogen and oxygen atoms in total. The van der Waals surface area contributed by atoms with Crippen molar-refractivity contribution < 1.29 is 4.74 Å². The lowest BCUT2D eigenvalue weighted by Gasteiger charge is -2.22. The molecule has 1 aliphatic rings. The van der Waals surface area contributed by atoms with Gasteiger partial charge in [-0.05, 0) is 25.7 Å². The smallest absolute Gasteiger partial charge is 0.0770 e. The first-order valence-corrected chi connectivity index (χ1v) is 6.19. The minimum absolute atomic E-state index is 0.112. The van der Waals surface area contributed by atoms with E-state index in [1.807, 2.05) is 17.1 Å². The Bertz CT molecular complexity index is 318. The summed E-state index contributed by atoms with van der Waals surface area (Å²) in [6.07, 6.45) is 8.82. The van der Waals surface area contributed by atoms with Crippen molar-refractivity contribution in [2.75, 3.05) is 6.61 Å². The molecule has 1 saturated heterocycles. The molecule has 0 radical (unpaired) electrons. The summed E-state index contributed by atoms with van der Waals surface area (Å²) in [5.74, 6) is 0. The normalized spacial score (nSPS) is 23.2. The zero-order chi connectivity index (χ0) is 11.4. The molecule has 0 aromatic carbocycles.